The van der Waals surface area contributed by atoms with Crippen LogP contribution in [0.1, 0.15) is 11.3 Å². The standard InChI is InChI=1S/C12H11ClN2O3S3/c13-9-5-10(14-6-7-2-1-3-18-7)8(12(19)20)4-11(9)15-21(16)17/h1-5,14,21H,6H2,(H,19,20)(H,15,16,17). The van der Waals surface area contributed by atoms with Crippen molar-refractivity contribution in [3.8, 4) is 0 Å². The number of halogens is 1. The van der Waals surface area contributed by atoms with E-state index in [-0.39, 0.29) is 10.7 Å². The third kappa shape index (κ3) is 4.37. The Balaban J connectivity index is 2.31. The molecule has 0 unspecified atom stereocenters. The highest BCUT2D eigenvalue weighted by molar-refractivity contribution is 8.11. The zero-order valence-electron chi connectivity index (χ0n) is 10.5. The number of rotatable bonds is 6. The number of hydrogen-bond acceptors (Lipinski definition) is 5. The number of hydrogen-bond donors (Lipinski definition) is 4. The van der Waals surface area contributed by atoms with Crippen LogP contribution >= 0.6 is 36.4 Å². The van der Waals surface area contributed by atoms with Crippen molar-refractivity contribution in [2.45, 2.75) is 6.54 Å². The van der Waals surface area contributed by atoms with Crippen LogP contribution < -0.4 is 10.0 Å². The van der Waals surface area contributed by atoms with Crippen LogP contribution in [0.15, 0.2) is 34.9 Å². The van der Waals surface area contributed by atoms with Gasteiger partial charge in [-0.25, -0.2) is 8.42 Å². The summed E-state index contributed by atoms with van der Waals surface area (Å²) in [6.07, 6.45) is 1.58. The molecule has 2 rings (SSSR count). The molecular weight excluding hydrogens is 352 g/mol. The number of benzene rings is 1. The lowest BCUT2D eigenvalue weighted by molar-refractivity contribution is 0.518. The SMILES string of the molecule is O=[SH](=O)Nc1cc(C(=S)S)c(NCc2ccco2)cc1Cl. The Morgan fingerprint density at radius 3 is 2.71 bits per heavy atom. The van der Waals surface area contributed by atoms with Gasteiger partial charge in [0.05, 0.1) is 27.7 Å². The maximum Gasteiger partial charge on any atom is 0.222 e. The molecule has 5 nitrogen and oxygen atoms in total. The van der Waals surface area contributed by atoms with Crippen molar-refractivity contribution in [2.75, 3.05) is 10.0 Å². The van der Waals surface area contributed by atoms with E-state index >= 15 is 0 Å². The number of thiol groups is 2. The zero-order valence-corrected chi connectivity index (χ0v) is 13.9. The summed E-state index contributed by atoms with van der Waals surface area (Å²) in [6.45, 7) is 0.440. The second-order valence-electron chi connectivity index (χ2n) is 3.98. The highest BCUT2D eigenvalue weighted by atomic mass is 35.5. The second kappa shape index (κ2) is 7.17. The molecule has 2 aromatic rings. The van der Waals surface area contributed by atoms with E-state index in [0.29, 0.717) is 22.0 Å². The average Bonchev–Trinajstić information content (AvgIpc) is 2.91. The van der Waals surface area contributed by atoms with Crippen LogP contribution in [0.2, 0.25) is 5.02 Å². The van der Waals surface area contributed by atoms with Crippen molar-refractivity contribution in [1.29, 1.82) is 0 Å². The summed E-state index contributed by atoms with van der Waals surface area (Å²) < 4.78 is 29.3. The molecule has 2 N–H and O–H groups in total. The van der Waals surface area contributed by atoms with Gasteiger partial charge in [0.2, 0.25) is 10.9 Å². The lowest BCUT2D eigenvalue weighted by atomic mass is 10.1. The summed E-state index contributed by atoms with van der Waals surface area (Å²) in [5.74, 6) is 0.743. The molecule has 9 heteroatoms. The zero-order chi connectivity index (χ0) is 15.4. The van der Waals surface area contributed by atoms with E-state index in [1.807, 2.05) is 6.07 Å². The molecule has 1 aromatic carbocycles. The minimum absolute atomic E-state index is 0.253. The lowest BCUT2D eigenvalue weighted by Gasteiger charge is -2.13. The van der Waals surface area contributed by atoms with E-state index < -0.39 is 10.9 Å². The van der Waals surface area contributed by atoms with Gasteiger partial charge >= 0.3 is 0 Å². The van der Waals surface area contributed by atoms with Crippen LogP contribution in [0.3, 0.4) is 0 Å². The monoisotopic (exact) mass is 362 g/mol. The number of anilines is 2. The number of thiocarbonyl (C=S) groups is 1. The molecule has 1 aromatic heterocycles. The van der Waals surface area contributed by atoms with E-state index in [9.17, 15) is 8.42 Å². The Hall–Kier alpha value is -1.22. The quantitative estimate of drug-likeness (QED) is 0.469. The van der Waals surface area contributed by atoms with Gasteiger partial charge in [0.15, 0.2) is 0 Å². The van der Waals surface area contributed by atoms with Gasteiger partial charge in [-0.05, 0) is 24.3 Å². The van der Waals surface area contributed by atoms with E-state index in [0.717, 1.165) is 5.76 Å². The van der Waals surface area contributed by atoms with Crippen LogP contribution in [0.4, 0.5) is 11.4 Å². The molecule has 1 heterocycles. The molecule has 0 bridgehead atoms. The summed E-state index contributed by atoms with van der Waals surface area (Å²) >= 11 is 15.3. The Bertz CT molecular complexity index is 722. The molecule has 21 heavy (non-hydrogen) atoms. The first-order valence-electron chi connectivity index (χ1n) is 5.71. The predicted molar refractivity (Wildman–Crippen MR) is 92.1 cm³/mol. The van der Waals surface area contributed by atoms with Crippen LogP contribution in [-0.2, 0) is 17.4 Å². The molecule has 112 valence electrons. The molecule has 0 fully saturated rings. The Kier molecular flexibility index (Phi) is 5.51. The van der Waals surface area contributed by atoms with Gasteiger partial charge in [0.1, 0.15) is 5.76 Å². The minimum atomic E-state index is -2.81. The average molecular weight is 363 g/mol. The first-order chi connectivity index (χ1) is 9.97. The minimum Gasteiger partial charge on any atom is -0.467 e. The van der Waals surface area contributed by atoms with Crippen LogP contribution in [0.25, 0.3) is 0 Å². The van der Waals surface area contributed by atoms with Gasteiger partial charge in [-0.2, -0.15) is 0 Å². The summed E-state index contributed by atoms with van der Waals surface area (Å²) in [6, 6.07) is 6.73. The molecule has 0 aliphatic heterocycles. The van der Waals surface area contributed by atoms with Crippen molar-refractivity contribution in [3.05, 3.63) is 46.9 Å². The summed E-state index contributed by atoms with van der Waals surface area (Å²) in [7, 11) is -2.81. The van der Waals surface area contributed by atoms with Crippen molar-refractivity contribution in [3.63, 3.8) is 0 Å². The first-order valence-corrected chi connectivity index (χ1v) is 8.12. The Morgan fingerprint density at radius 1 is 1.38 bits per heavy atom. The summed E-state index contributed by atoms with van der Waals surface area (Å²) in [5, 5.41) is 3.38. The molecular formula is C12H11ClN2O3S3. The van der Waals surface area contributed by atoms with Gasteiger partial charge < -0.3 is 9.73 Å². The number of furan rings is 1. The van der Waals surface area contributed by atoms with E-state index in [2.05, 4.69) is 22.7 Å². The van der Waals surface area contributed by atoms with Gasteiger partial charge in [0.25, 0.3) is 0 Å². The molecule has 0 saturated heterocycles. The smallest absolute Gasteiger partial charge is 0.222 e. The van der Waals surface area contributed by atoms with Crippen molar-refractivity contribution < 1.29 is 12.8 Å². The van der Waals surface area contributed by atoms with Crippen molar-refractivity contribution in [1.82, 2.24) is 0 Å². The van der Waals surface area contributed by atoms with Gasteiger partial charge in [0, 0.05) is 11.3 Å². The maximum atomic E-state index is 10.8. The van der Waals surface area contributed by atoms with E-state index in [1.54, 1.807) is 18.4 Å². The lowest BCUT2D eigenvalue weighted by Crippen LogP contribution is -2.05. The summed E-state index contributed by atoms with van der Waals surface area (Å²) in [5.41, 5.74) is 1.47. The maximum absolute atomic E-state index is 10.8. The largest absolute Gasteiger partial charge is 0.467 e. The van der Waals surface area contributed by atoms with Gasteiger partial charge in [-0.15, -0.1) is 12.6 Å². The van der Waals surface area contributed by atoms with Crippen LogP contribution in [0.5, 0.6) is 0 Å². The molecule has 0 saturated carbocycles. The first kappa shape index (κ1) is 16.2. The fourth-order valence-corrected chi connectivity index (χ4v) is 2.69. The van der Waals surface area contributed by atoms with Crippen LogP contribution in [-0.4, -0.2) is 12.6 Å². The normalized spacial score (nSPS) is 10.6. The van der Waals surface area contributed by atoms with Crippen LogP contribution in [0, 0.1) is 0 Å². The third-order valence-corrected chi connectivity index (χ3v) is 3.78. The van der Waals surface area contributed by atoms with E-state index in [1.165, 1.54) is 6.07 Å². The third-order valence-electron chi connectivity index (χ3n) is 2.58. The summed E-state index contributed by atoms with van der Waals surface area (Å²) in [4.78, 5) is 0. The molecule has 0 aliphatic rings. The van der Waals surface area contributed by atoms with E-state index in [4.69, 9.17) is 28.2 Å². The molecule has 0 amide bonds. The fourth-order valence-electron chi connectivity index (χ4n) is 1.68. The highest BCUT2D eigenvalue weighted by Gasteiger charge is 2.11. The molecule has 0 radical (unpaired) electrons. The Morgan fingerprint density at radius 2 is 2.14 bits per heavy atom. The Labute approximate surface area is 139 Å². The fraction of sp³-hybridized carbons (Fsp3) is 0.0833. The highest BCUT2D eigenvalue weighted by Crippen LogP contribution is 2.31. The topological polar surface area (TPSA) is 71.3 Å². The van der Waals surface area contributed by atoms with Crippen molar-refractivity contribution in [2.24, 2.45) is 0 Å². The second-order valence-corrected chi connectivity index (χ2v) is 6.29. The predicted octanol–water partition coefficient (Wildman–Crippen LogP) is 3.09. The molecule has 0 atom stereocenters. The van der Waals surface area contributed by atoms with Gasteiger partial charge in [-0.1, -0.05) is 23.8 Å². The molecule has 0 aliphatic carbocycles. The van der Waals surface area contributed by atoms with Gasteiger partial charge in [-0.3, -0.25) is 4.72 Å². The number of nitrogens with one attached hydrogen (secondary N) is 2. The molecule has 0 spiro atoms. The van der Waals surface area contributed by atoms with Crippen molar-refractivity contribution >= 4 is 62.9 Å².